The Bertz CT molecular complexity index is 257. The summed E-state index contributed by atoms with van der Waals surface area (Å²) in [4.78, 5) is 0. The molecule has 0 saturated heterocycles. The van der Waals surface area contributed by atoms with Crippen molar-refractivity contribution in [2.75, 3.05) is 0 Å². The molecule has 0 bridgehead atoms. The largest absolute Gasteiger partial charge is 0.457 e. The smallest absolute Gasteiger partial charge is 0.159 e. The van der Waals surface area contributed by atoms with Crippen molar-refractivity contribution in [3.05, 3.63) is 0 Å². The molecule has 0 aliphatic carbocycles. The molecule has 0 radical (unpaired) electrons. The monoisotopic (exact) mass is 250 g/mol. The summed E-state index contributed by atoms with van der Waals surface area (Å²) in [5.41, 5.74) is 3.35. The summed E-state index contributed by atoms with van der Waals surface area (Å²) < 4.78 is 36.7. The van der Waals surface area contributed by atoms with Gasteiger partial charge in [-0.25, -0.2) is 0 Å². The predicted molar refractivity (Wildman–Crippen MR) is 64.9 cm³/mol. The molecule has 0 saturated carbocycles. The Morgan fingerprint density at radius 1 is 0.812 bits per heavy atom. The van der Waals surface area contributed by atoms with Crippen LogP contribution in [0.2, 0.25) is 16.6 Å². The molecule has 0 fully saturated rings. The molecule has 0 aromatic heterocycles. The van der Waals surface area contributed by atoms with Crippen molar-refractivity contribution in [1.29, 1.82) is 0 Å². The Kier molecular flexibility index (Phi) is 5.12. The third-order valence-electron chi connectivity index (χ3n) is 3.29. The van der Waals surface area contributed by atoms with Crippen LogP contribution in [-0.4, -0.2) is 14.3 Å². The third kappa shape index (κ3) is 3.55. The minimum Gasteiger partial charge on any atom is -0.159 e. The maximum Gasteiger partial charge on any atom is 0.457 e. The predicted octanol–water partition coefficient (Wildman–Crippen LogP) is 4.77. The zero-order valence-electron chi connectivity index (χ0n) is 10.9. The standard InChI is InChI=1S/C12H21F3Si/c1-9(2)16(10(3)4,11(5)6)8-7-12(13,14)15/h9-11H,1-6H3. The van der Waals surface area contributed by atoms with Gasteiger partial charge in [0.25, 0.3) is 0 Å². The number of hydrogen-bond donors (Lipinski definition) is 0. The molecule has 0 atom stereocenters. The van der Waals surface area contributed by atoms with E-state index in [0.717, 1.165) is 0 Å². The van der Waals surface area contributed by atoms with Crippen LogP contribution in [0, 0.1) is 11.5 Å². The Morgan fingerprint density at radius 2 is 1.12 bits per heavy atom. The van der Waals surface area contributed by atoms with Gasteiger partial charge in [0.1, 0.15) is 8.07 Å². The highest BCUT2D eigenvalue weighted by Crippen LogP contribution is 2.40. The Labute approximate surface area is 97.6 Å². The van der Waals surface area contributed by atoms with E-state index in [1.165, 1.54) is 5.92 Å². The van der Waals surface area contributed by atoms with Gasteiger partial charge in [-0.15, -0.1) is 5.54 Å². The van der Waals surface area contributed by atoms with Crippen molar-refractivity contribution in [3.63, 3.8) is 0 Å². The number of halogens is 3. The first kappa shape index (κ1) is 15.6. The minimum absolute atomic E-state index is 0.238. The second-order valence-electron chi connectivity index (χ2n) is 5.14. The van der Waals surface area contributed by atoms with Crippen LogP contribution in [0.1, 0.15) is 41.5 Å². The van der Waals surface area contributed by atoms with Gasteiger partial charge in [-0.05, 0) is 16.6 Å². The fourth-order valence-electron chi connectivity index (χ4n) is 2.61. The summed E-state index contributed by atoms with van der Waals surface area (Å²) in [5.74, 6) is 1.52. The summed E-state index contributed by atoms with van der Waals surface area (Å²) in [6.45, 7) is 12.0. The molecule has 0 unspecified atom stereocenters. The average Bonchev–Trinajstić information content (AvgIpc) is 2.00. The van der Waals surface area contributed by atoms with Crippen LogP contribution >= 0.6 is 0 Å². The van der Waals surface area contributed by atoms with Gasteiger partial charge in [0.05, 0.1) is 0 Å². The maximum atomic E-state index is 12.2. The van der Waals surface area contributed by atoms with E-state index in [9.17, 15) is 13.2 Å². The lowest BCUT2D eigenvalue weighted by Crippen LogP contribution is -2.43. The zero-order valence-corrected chi connectivity index (χ0v) is 11.9. The first-order valence-electron chi connectivity index (χ1n) is 5.65. The fourth-order valence-corrected chi connectivity index (χ4v) is 7.84. The van der Waals surface area contributed by atoms with Crippen LogP contribution in [0.4, 0.5) is 13.2 Å². The van der Waals surface area contributed by atoms with Gasteiger partial charge >= 0.3 is 6.18 Å². The van der Waals surface area contributed by atoms with Gasteiger partial charge in [0.2, 0.25) is 0 Å². The van der Waals surface area contributed by atoms with Crippen molar-refractivity contribution in [1.82, 2.24) is 0 Å². The van der Waals surface area contributed by atoms with Crippen molar-refractivity contribution in [2.45, 2.75) is 64.3 Å². The van der Waals surface area contributed by atoms with Crippen LogP contribution in [0.25, 0.3) is 0 Å². The van der Waals surface area contributed by atoms with Crippen molar-refractivity contribution in [3.8, 4) is 11.5 Å². The average molecular weight is 250 g/mol. The number of hydrogen-bond acceptors (Lipinski definition) is 0. The van der Waals surface area contributed by atoms with Crippen LogP contribution in [-0.2, 0) is 0 Å². The molecule has 0 nitrogen and oxygen atoms in total. The van der Waals surface area contributed by atoms with Gasteiger partial charge in [-0.3, -0.25) is 0 Å². The van der Waals surface area contributed by atoms with Gasteiger partial charge in [-0.1, -0.05) is 41.5 Å². The minimum atomic E-state index is -4.36. The Hall–Kier alpha value is -0.433. The third-order valence-corrected chi connectivity index (χ3v) is 9.58. The lowest BCUT2D eigenvalue weighted by molar-refractivity contribution is -0.0696. The first-order chi connectivity index (χ1) is 7.04. The molecule has 94 valence electrons. The molecule has 0 N–H and O–H groups in total. The van der Waals surface area contributed by atoms with E-state index >= 15 is 0 Å². The SMILES string of the molecule is CC(C)[Si](C#CC(F)(F)F)(C(C)C)C(C)C. The summed E-state index contributed by atoms with van der Waals surface area (Å²) >= 11 is 0. The lowest BCUT2D eigenvalue weighted by Gasteiger charge is -2.38. The lowest BCUT2D eigenvalue weighted by atomic mass is 10.5. The molecule has 16 heavy (non-hydrogen) atoms. The molecular weight excluding hydrogens is 229 g/mol. The van der Waals surface area contributed by atoms with E-state index in [1.54, 1.807) is 0 Å². The van der Waals surface area contributed by atoms with Crippen molar-refractivity contribution >= 4 is 8.07 Å². The Morgan fingerprint density at radius 3 is 1.31 bits per heavy atom. The van der Waals surface area contributed by atoms with E-state index in [-0.39, 0.29) is 16.6 Å². The maximum absolute atomic E-state index is 12.2. The quantitative estimate of drug-likeness (QED) is 0.500. The van der Waals surface area contributed by atoms with E-state index in [0.29, 0.717) is 0 Å². The normalized spacial score (nSPS) is 13.2. The first-order valence-corrected chi connectivity index (χ1v) is 7.88. The molecule has 0 rings (SSSR count). The van der Waals surface area contributed by atoms with Crippen LogP contribution < -0.4 is 0 Å². The molecular formula is C12H21F3Si. The molecule has 0 amide bonds. The molecule has 0 aliphatic heterocycles. The molecule has 0 aromatic carbocycles. The van der Waals surface area contributed by atoms with Crippen LogP contribution in [0.5, 0.6) is 0 Å². The van der Waals surface area contributed by atoms with E-state index in [1.807, 2.05) is 41.5 Å². The molecule has 0 heterocycles. The van der Waals surface area contributed by atoms with Gasteiger partial charge in [0, 0.05) is 5.92 Å². The summed E-state index contributed by atoms with van der Waals surface area (Å²) in [7, 11) is -2.22. The number of alkyl halides is 3. The van der Waals surface area contributed by atoms with Crippen LogP contribution in [0.3, 0.4) is 0 Å². The summed E-state index contributed by atoms with van der Waals surface area (Å²) in [6, 6.07) is 0. The molecule has 0 aromatic rings. The van der Waals surface area contributed by atoms with Gasteiger partial charge in [-0.2, -0.15) is 13.2 Å². The van der Waals surface area contributed by atoms with Gasteiger partial charge < -0.3 is 0 Å². The van der Waals surface area contributed by atoms with E-state index < -0.39 is 14.3 Å². The second-order valence-corrected chi connectivity index (χ2v) is 10.7. The Balaban J connectivity index is 5.45. The van der Waals surface area contributed by atoms with E-state index in [4.69, 9.17) is 0 Å². The second kappa shape index (κ2) is 5.26. The van der Waals surface area contributed by atoms with Crippen LogP contribution in [0.15, 0.2) is 0 Å². The number of rotatable bonds is 3. The molecule has 4 heteroatoms. The van der Waals surface area contributed by atoms with Gasteiger partial charge in [0.15, 0.2) is 0 Å². The van der Waals surface area contributed by atoms with Crippen molar-refractivity contribution < 1.29 is 13.2 Å². The summed E-state index contributed by atoms with van der Waals surface area (Å²) in [5, 5.41) is 0. The molecule has 0 spiro atoms. The topological polar surface area (TPSA) is 0 Å². The molecule has 0 aliphatic rings. The highest BCUT2D eigenvalue weighted by molar-refractivity contribution is 6.90. The fraction of sp³-hybridized carbons (Fsp3) is 0.833. The highest BCUT2D eigenvalue weighted by Gasteiger charge is 2.42. The van der Waals surface area contributed by atoms with E-state index in [2.05, 4.69) is 5.54 Å². The highest BCUT2D eigenvalue weighted by atomic mass is 28.3. The van der Waals surface area contributed by atoms with Crippen molar-refractivity contribution in [2.24, 2.45) is 0 Å². The zero-order chi connectivity index (χ0) is 13.1. The summed E-state index contributed by atoms with van der Waals surface area (Å²) in [6.07, 6.45) is -4.36.